The van der Waals surface area contributed by atoms with Crippen LogP contribution < -0.4 is 20.3 Å². The lowest BCUT2D eigenvalue weighted by atomic mass is 10.1. The van der Waals surface area contributed by atoms with Gasteiger partial charge in [-0.05, 0) is 48.9 Å². The zero-order valence-corrected chi connectivity index (χ0v) is 19.1. The smallest absolute Gasteiger partial charge is 0.322 e. The number of rotatable bonds is 5. The average Bonchev–Trinajstić information content (AvgIpc) is 2.85. The molecule has 0 bridgehead atoms. The summed E-state index contributed by atoms with van der Waals surface area (Å²) in [5, 5.41) is 3.57. The SMILES string of the molecule is Cc1ccc(CN(Cc2cc3cc4c(cc3[nH]c2=O)OCCO4)C(=O)Nc2ccc(F)cc2)cc1. The van der Waals surface area contributed by atoms with Crippen molar-refractivity contribution >= 4 is 22.6 Å². The number of benzene rings is 3. The van der Waals surface area contributed by atoms with Gasteiger partial charge in [0.05, 0.1) is 12.1 Å². The van der Waals surface area contributed by atoms with Crippen LogP contribution in [-0.2, 0) is 13.1 Å². The summed E-state index contributed by atoms with van der Waals surface area (Å²) in [6, 6.07) is 18.3. The fraction of sp³-hybridized carbons (Fsp3) is 0.185. The third-order valence-electron chi connectivity index (χ3n) is 5.82. The number of anilines is 1. The number of aromatic nitrogens is 1. The number of aryl methyl sites for hydroxylation is 1. The normalized spacial score (nSPS) is 12.4. The molecule has 2 amide bonds. The van der Waals surface area contributed by atoms with E-state index >= 15 is 0 Å². The fourth-order valence-corrected chi connectivity index (χ4v) is 3.96. The fourth-order valence-electron chi connectivity index (χ4n) is 3.96. The number of nitrogens with one attached hydrogen (secondary N) is 2. The second kappa shape index (κ2) is 9.50. The molecule has 0 fully saturated rings. The molecule has 0 atom stereocenters. The predicted molar refractivity (Wildman–Crippen MR) is 131 cm³/mol. The molecule has 1 aromatic heterocycles. The predicted octanol–water partition coefficient (Wildman–Crippen LogP) is 4.98. The number of carbonyl (C=O) groups excluding carboxylic acids is 1. The second-order valence-corrected chi connectivity index (χ2v) is 8.49. The van der Waals surface area contributed by atoms with E-state index in [9.17, 15) is 14.0 Å². The van der Waals surface area contributed by atoms with Gasteiger partial charge in [-0.3, -0.25) is 4.79 Å². The summed E-state index contributed by atoms with van der Waals surface area (Å²) < 4.78 is 24.6. The summed E-state index contributed by atoms with van der Waals surface area (Å²) >= 11 is 0. The van der Waals surface area contributed by atoms with Gasteiger partial charge in [-0.25, -0.2) is 9.18 Å². The van der Waals surface area contributed by atoms with Crippen molar-refractivity contribution in [1.29, 1.82) is 0 Å². The standard InChI is InChI=1S/C27H24FN3O4/c1-17-2-4-18(5-3-17)15-31(27(33)29-22-8-6-21(28)7-9-22)16-20-12-19-13-24-25(35-11-10-34-24)14-23(19)30-26(20)32/h2-9,12-14H,10-11,15-16H2,1H3,(H,29,33)(H,30,32). The summed E-state index contributed by atoms with van der Waals surface area (Å²) in [5.74, 6) is 0.818. The highest BCUT2D eigenvalue weighted by Crippen LogP contribution is 2.33. The van der Waals surface area contributed by atoms with Gasteiger partial charge < -0.3 is 24.7 Å². The molecular weight excluding hydrogens is 449 g/mol. The van der Waals surface area contributed by atoms with Crippen LogP contribution in [0, 0.1) is 12.7 Å². The number of hydrogen-bond donors (Lipinski definition) is 2. The Balaban J connectivity index is 1.46. The van der Waals surface area contributed by atoms with Gasteiger partial charge in [0.15, 0.2) is 11.5 Å². The third kappa shape index (κ3) is 5.11. The van der Waals surface area contributed by atoms with E-state index in [1.165, 1.54) is 24.3 Å². The van der Waals surface area contributed by atoms with Gasteiger partial charge in [0.25, 0.3) is 5.56 Å². The van der Waals surface area contributed by atoms with E-state index in [-0.39, 0.29) is 18.6 Å². The van der Waals surface area contributed by atoms with Crippen LogP contribution in [-0.4, -0.2) is 29.1 Å². The van der Waals surface area contributed by atoms with Crippen molar-refractivity contribution in [3.05, 3.63) is 99.6 Å². The quantitative estimate of drug-likeness (QED) is 0.428. The van der Waals surface area contributed by atoms with Gasteiger partial charge in [0.2, 0.25) is 0 Å². The number of pyridine rings is 1. The van der Waals surface area contributed by atoms with Gasteiger partial charge in [-0.2, -0.15) is 0 Å². The Morgan fingerprint density at radius 1 is 0.971 bits per heavy atom. The Morgan fingerprint density at radius 3 is 2.37 bits per heavy atom. The summed E-state index contributed by atoms with van der Waals surface area (Å²) in [5.41, 5.74) is 3.25. The zero-order valence-electron chi connectivity index (χ0n) is 19.1. The molecule has 0 aliphatic carbocycles. The molecule has 2 heterocycles. The van der Waals surface area contributed by atoms with Gasteiger partial charge in [-0.15, -0.1) is 0 Å². The first-order valence-electron chi connectivity index (χ1n) is 11.3. The van der Waals surface area contributed by atoms with E-state index in [0.717, 1.165) is 16.5 Å². The van der Waals surface area contributed by atoms with Crippen LogP contribution in [0.1, 0.15) is 16.7 Å². The topological polar surface area (TPSA) is 83.7 Å². The lowest BCUT2D eigenvalue weighted by Crippen LogP contribution is -2.35. The Labute approximate surface area is 201 Å². The van der Waals surface area contributed by atoms with Crippen LogP contribution in [0.3, 0.4) is 0 Å². The molecule has 7 nitrogen and oxygen atoms in total. The third-order valence-corrected chi connectivity index (χ3v) is 5.82. The molecule has 0 spiro atoms. The number of H-pyrrole nitrogens is 1. The van der Waals surface area contributed by atoms with Crippen LogP contribution in [0.2, 0.25) is 0 Å². The highest BCUT2D eigenvalue weighted by Gasteiger charge is 2.19. The molecule has 2 N–H and O–H groups in total. The number of aromatic amines is 1. The minimum Gasteiger partial charge on any atom is -0.486 e. The Hall–Kier alpha value is -4.33. The van der Waals surface area contributed by atoms with Crippen molar-refractivity contribution in [1.82, 2.24) is 9.88 Å². The number of carbonyl (C=O) groups is 1. The molecule has 1 aliphatic heterocycles. The van der Waals surface area contributed by atoms with Gasteiger partial charge in [0, 0.05) is 29.2 Å². The largest absolute Gasteiger partial charge is 0.486 e. The van der Waals surface area contributed by atoms with Gasteiger partial charge in [0.1, 0.15) is 19.0 Å². The number of halogens is 1. The molecular formula is C27H24FN3O4. The summed E-state index contributed by atoms with van der Waals surface area (Å²) in [6.45, 7) is 3.26. The maximum Gasteiger partial charge on any atom is 0.322 e. The molecule has 0 unspecified atom stereocenters. The molecule has 0 radical (unpaired) electrons. The van der Waals surface area contributed by atoms with Crippen molar-refractivity contribution in [2.24, 2.45) is 0 Å². The van der Waals surface area contributed by atoms with E-state index in [1.807, 2.05) is 37.3 Å². The molecule has 35 heavy (non-hydrogen) atoms. The van der Waals surface area contributed by atoms with E-state index in [2.05, 4.69) is 10.3 Å². The molecule has 0 saturated carbocycles. The van der Waals surface area contributed by atoms with Crippen LogP contribution in [0.25, 0.3) is 10.9 Å². The Morgan fingerprint density at radius 2 is 1.66 bits per heavy atom. The summed E-state index contributed by atoms with van der Waals surface area (Å²) in [7, 11) is 0. The van der Waals surface area contributed by atoms with Crippen LogP contribution >= 0.6 is 0 Å². The van der Waals surface area contributed by atoms with Crippen LogP contribution in [0.15, 0.2) is 71.5 Å². The maximum atomic E-state index is 13.3. The van der Waals surface area contributed by atoms with Crippen molar-refractivity contribution in [2.75, 3.05) is 18.5 Å². The van der Waals surface area contributed by atoms with E-state index in [0.29, 0.717) is 41.5 Å². The van der Waals surface area contributed by atoms with Crippen LogP contribution in [0.5, 0.6) is 11.5 Å². The lowest BCUT2D eigenvalue weighted by Gasteiger charge is -2.24. The number of hydrogen-bond acceptors (Lipinski definition) is 4. The molecule has 3 aromatic carbocycles. The number of amides is 2. The number of nitrogens with zero attached hydrogens (tertiary/aromatic N) is 1. The molecule has 1 aliphatic rings. The summed E-state index contributed by atoms with van der Waals surface area (Å²) in [4.78, 5) is 30.6. The maximum absolute atomic E-state index is 13.3. The first-order valence-corrected chi connectivity index (χ1v) is 11.3. The van der Waals surface area contributed by atoms with Crippen LogP contribution in [0.4, 0.5) is 14.9 Å². The number of fused-ring (bicyclic) bond motifs is 2. The highest BCUT2D eigenvalue weighted by atomic mass is 19.1. The van der Waals surface area contributed by atoms with E-state index in [4.69, 9.17) is 9.47 Å². The van der Waals surface area contributed by atoms with Gasteiger partial charge in [-0.1, -0.05) is 29.8 Å². The number of ether oxygens (including phenoxy) is 2. The Kier molecular flexibility index (Phi) is 6.10. The first kappa shape index (κ1) is 22.5. The van der Waals surface area contributed by atoms with Crippen molar-refractivity contribution in [3.63, 3.8) is 0 Å². The molecule has 5 rings (SSSR count). The second-order valence-electron chi connectivity index (χ2n) is 8.49. The van der Waals surface area contributed by atoms with Crippen molar-refractivity contribution in [3.8, 4) is 11.5 Å². The van der Waals surface area contributed by atoms with E-state index in [1.54, 1.807) is 17.0 Å². The minimum absolute atomic E-state index is 0.0701. The van der Waals surface area contributed by atoms with E-state index < -0.39 is 11.8 Å². The molecule has 178 valence electrons. The Bertz CT molecular complexity index is 1430. The van der Waals surface area contributed by atoms with Gasteiger partial charge >= 0.3 is 6.03 Å². The monoisotopic (exact) mass is 473 g/mol. The highest BCUT2D eigenvalue weighted by molar-refractivity contribution is 5.89. The van der Waals surface area contributed by atoms with Crippen molar-refractivity contribution < 1.29 is 18.7 Å². The minimum atomic E-state index is -0.404. The zero-order chi connectivity index (χ0) is 24.4. The number of urea groups is 1. The molecule has 0 saturated heterocycles. The lowest BCUT2D eigenvalue weighted by molar-refractivity contribution is 0.172. The first-order chi connectivity index (χ1) is 16.9. The van der Waals surface area contributed by atoms with Crippen molar-refractivity contribution in [2.45, 2.75) is 20.0 Å². The average molecular weight is 474 g/mol. The molecule has 8 heteroatoms. The molecule has 4 aromatic rings. The summed E-state index contributed by atoms with van der Waals surface area (Å²) in [6.07, 6.45) is 0.